The zero-order valence-corrected chi connectivity index (χ0v) is 13.3. The van der Waals surface area contributed by atoms with Gasteiger partial charge in [0.1, 0.15) is 0 Å². The summed E-state index contributed by atoms with van der Waals surface area (Å²) in [5.74, 6) is -1.13. The minimum absolute atomic E-state index is 0.170. The molecule has 2 heterocycles. The van der Waals surface area contributed by atoms with Gasteiger partial charge < -0.3 is 20.7 Å². The van der Waals surface area contributed by atoms with E-state index in [1.54, 1.807) is 0 Å². The van der Waals surface area contributed by atoms with Gasteiger partial charge in [-0.2, -0.15) is 0 Å². The van der Waals surface area contributed by atoms with Gasteiger partial charge in [0, 0.05) is 32.8 Å². The van der Waals surface area contributed by atoms with E-state index in [0.717, 1.165) is 19.5 Å². The Morgan fingerprint density at radius 2 is 2.14 bits per heavy atom. The number of hydrogen-bond acceptors (Lipinski definition) is 6. The maximum absolute atomic E-state index is 11.5. The van der Waals surface area contributed by atoms with Crippen molar-refractivity contribution in [2.24, 2.45) is 11.7 Å². The van der Waals surface area contributed by atoms with Crippen LogP contribution in [0.3, 0.4) is 0 Å². The van der Waals surface area contributed by atoms with Crippen molar-refractivity contribution >= 4 is 21.7 Å². The van der Waals surface area contributed by atoms with Gasteiger partial charge in [0.15, 0.2) is 9.84 Å². The molecule has 2 atom stereocenters. The molecule has 2 aliphatic rings. The molecule has 0 bridgehead atoms. The molecule has 0 saturated carbocycles. The Morgan fingerprint density at radius 1 is 1.36 bits per heavy atom. The van der Waals surface area contributed by atoms with Gasteiger partial charge >= 0.3 is 11.8 Å². The van der Waals surface area contributed by atoms with Crippen LogP contribution in [-0.4, -0.2) is 75.5 Å². The fourth-order valence-electron chi connectivity index (χ4n) is 2.93. The number of hydrogen-bond donors (Lipinski definition) is 2. The quantitative estimate of drug-likeness (QED) is 0.581. The van der Waals surface area contributed by atoms with Gasteiger partial charge in [-0.1, -0.05) is 0 Å². The summed E-state index contributed by atoms with van der Waals surface area (Å²) in [7, 11) is -2.87. The van der Waals surface area contributed by atoms with Crippen molar-refractivity contribution in [1.29, 1.82) is 0 Å². The molecule has 0 aromatic heterocycles. The smallest absolute Gasteiger partial charge is 0.309 e. The molecular weight excluding hydrogens is 310 g/mol. The first-order valence-corrected chi connectivity index (χ1v) is 9.30. The molecule has 22 heavy (non-hydrogen) atoms. The van der Waals surface area contributed by atoms with Gasteiger partial charge in [0.25, 0.3) is 0 Å². The average Bonchev–Trinajstić information content (AvgIpc) is 2.65. The number of nitrogens with zero attached hydrogens (tertiary/aromatic N) is 1. The Hall–Kier alpha value is -1.19. The molecule has 2 aliphatic heterocycles. The number of carbonyl (C=O) groups excluding carboxylic acids is 2. The molecule has 8 nitrogen and oxygen atoms in total. The van der Waals surface area contributed by atoms with Crippen LogP contribution in [0.4, 0.5) is 0 Å². The second-order valence-corrected chi connectivity index (χ2v) is 8.18. The molecule has 0 aliphatic carbocycles. The van der Waals surface area contributed by atoms with Crippen molar-refractivity contribution < 1.29 is 22.7 Å². The van der Waals surface area contributed by atoms with Gasteiger partial charge in [-0.15, -0.1) is 0 Å². The lowest BCUT2D eigenvalue weighted by Crippen LogP contribution is -2.44. The van der Waals surface area contributed by atoms with E-state index in [9.17, 15) is 18.0 Å². The molecule has 0 aromatic carbocycles. The molecule has 2 amide bonds. The van der Waals surface area contributed by atoms with E-state index in [1.165, 1.54) is 0 Å². The fraction of sp³-hybridized carbons (Fsp3) is 0.846. The van der Waals surface area contributed by atoms with E-state index in [0.29, 0.717) is 19.6 Å². The summed E-state index contributed by atoms with van der Waals surface area (Å²) in [6.45, 7) is 2.98. The molecule has 0 spiro atoms. The number of ether oxygens (including phenoxy) is 1. The normalized spacial score (nSPS) is 28.9. The topological polar surface area (TPSA) is 119 Å². The lowest BCUT2D eigenvalue weighted by Gasteiger charge is -2.26. The third-order valence-electron chi connectivity index (χ3n) is 3.99. The first-order valence-electron chi connectivity index (χ1n) is 7.48. The maximum Gasteiger partial charge on any atom is 0.309 e. The Morgan fingerprint density at radius 3 is 2.77 bits per heavy atom. The van der Waals surface area contributed by atoms with E-state index < -0.39 is 21.7 Å². The van der Waals surface area contributed by atoms with Crippen LogP contribution in [0, 0.1) is 5.92 Å². The zero-order valence-electron chi connectivity index (χ0n) is 12.5. The van der Waals surface area contributed by atoms with Crippen LogP contribution in [0.5, 0.6) is 0 Å². The highest BCUT2D eigenvalue weighted by molar-refractivity contribution is 7.91. The standard InChI is InChI=1S/C13H23N3O5S/c14-12(17)13(18)15-6-11-8-16(3-1-4-21-11)7-10-2-5-22(19,20)9-10/h10-11H,1-9H2,(H2,14,17)(H,15,18). The summed E-state index contributed by atoms with van der Waals surface area (Å²) in [6.07, 6.45) is 1.35. The van der Waals surface area contributed by atoms with E-state index in [4.69, 9.17) is 10.5 Å². The van der Waals surface area contributed by atoms with Crippen molar-refractivity contribution in [3.8, 4) is 0 Å². The Kier molecular flexibility index (Phi) is 5.76. The number of sulfone groups is 1. The Balaban J connectivity index is 1.82. The molecule has 0 radical (unpaired) electrons. The highest BCUT2D eigenvalue weighted by Crippen LogP contribution is 2.20. The van der Waals surface area contributed by atoms with E-state index in [1.807, 2.05) is 0 Å². The Labute approximate surface area is 130 Å². The predicted octanol–water partition coefficient (Wildman–Crippen LogP) is -1.89. The molecule has 2 saturated heterocycles. The van der Waals surface area contributed by atoms with Crippen molar-refractivity contribution in [3.05, 3.63) is 0 Å². The summed E-state index contributed by atoms with van der Waals surface area (Å²) >= 11 is 0. The molecule has 2 fully saturated rings. The Bertz CT molecular complexity index is 522. The summed E-state index contributed by atoms with van der Waals surface area (Å²) in [5, 5.41) is 2.45. The predicted molar refractivity (Wildman–Crippen MR) is 79.8 cm³/mol. The number of nitrogens with one attached hydrogen (secondary N) is 1. The molecule has 9 heteroatoms. The van der Waals surface area contributed by atoms with Crippen molar-refractivity contribution in [3.63, 3.8) is 0 Å². The minimum Gasteiger partial charge on any atom is -0.375 e. The first-order chi connectivity index (χ1) is 10.4. The zero-order chi connectivity index (χ0) is 16.2. The highest BCUT2D eigenvalue weighted by Gasteiger charge is 2.30. The monoisotopic (exact) mass is 333 g/mol. The largest absolute Gasteiger partial charge is 0.375 e. The van der Waals surface area contributed by atoms with Gasteiger partial charge in [0.2, 0.25) is 0 Å². The van der Waals surface area contributed by atoms with Crippen LogP contribution < -0.4 is 11.1 Å². The number of carbonyl (C=O) groups is 2. The molecule has 2 rings (SSSR count). The second kappa shape index (κ2) is 7.38. The SMILES string of the molecule is NC(=O)C(=O)NCC1CN(CC2CCS(=O)(=O)C2)CCCO1. The molecule has 126 valence electrons. The minimum atomic E-state index is -2.87. The van der Waals surface area contributed by atoms with Crippen LogP contribution in [-0.2, 0) is 24.2 Å². The van der Waals surface area contributed by atoms with Crippen LogP contribution in [0.15, 0.2) is 0 Å². The van der Waals surface area contributed by atoms with Crippen molar-refractivity contribution in [2.75, 3.05) is 44.3 Å². The molecule has 2 unspecified atom stereocenters. The number of amides is 2. The average molecular weight is 333 g/mol. The van der Waals surface area contributed by atoms with Crippen LogP contribution in [0.2, 0.25) is 0 Å². The van der Waals surface area contributed by atoms with E-state index >= 15 is 0 Å². The third kappa shape index (κ3) is 5.22. The summed E-state index contributed by atoms with van der Waals surface area (Å²) in [6, 6.07) is 0. The lowest BCUT2D eigenvalue weighted by atomic mass is 10.1. The highest BCUT2D eigenvalue weighted by atomic mass is 32.2. The van der Waals surface area contributed by atoms with Crippen LogP contribution in [0.25, 0.3) is 0 Å². The van der Waals surface area contributed by atoms with Crippen molar-refractivity contribution in [1.82, 2.24) is 10.2 Å². The number of rotatable bonds is 4. The summed E-state index contributed by atoms with van der Waals surface area (Å²) in [5.41, 5.74) is 4.88. The molecule has 0 aromatic rings. The molecular formula is C13H23N3O5S. The van der Waals surface area contributed by atoms with Gasteiger partial charge in [-0.05, 0) is 18.8 Å². The summed E-state index contributed by atoms with van der Waals surface area (Å²) in [4.78, 5) is 24.1. The van der Waals surface area contributed by atoms with E-state index in [-0.39, 0.29) is 30.1 Å². The number of nitrogens with two attached hydrogens (primary N) is 1. The van der Waals surface area contributed by atoms with Crippen LogP contribution >= 0.6 is 0 Å². The van der Waals surface area contributed by atoms with Gasteiger partial charge in [-0.3, -0.25) is 9.59 Å². The maximum atomic E-state index is 11.5. The molecule has 3 N–H and O–H groups in total. The first kappa shape index (κ1) is 17.2. The van der Waals surface area contributed by atoms with Gasteiger partial charge in [0.05, 0.1) is 17.6 Å². The summed E-state index contributed by atoms with van der Waals surface area (Å²) < 4.78 is 28.7. The van der Waals surface area contributed by atoms with Crippen molar-refractivity contribution in [2.45, 2.75) is 18.9 Å². The fourth-order valence-corrected chi connectivity index (χ4v) is 4.78. The van der Waals surface area contributed by atoms with Gasteiger partial charge in [-0.25, -0.2) is 8.42 Å². The second-order valence-electron chi connectivity index (χ2n) is 5.95. The lowest BCUT2D eigenvalue weighted by molar-refractivity contribution is -0.137. The number of primary amides is 1. The third-order valence-corrected chi connectivity index (χ3v) is 5.83. The van der Waals surface area contributed by atoms with Crippen LogP contribution in [0.1, 0.15) is 12.8 Å². The van der Waals surface area contributed by atoms with E-state index in [2.05, 4.69) is 10.2 Å².